The molecule has 0 unspecified atom stereocenters. The number of aryl methyl sites for hydroxylation is 1. The minimum atomic E-state index is 0.566. The molecular weight excluding hydrogens is 340 g/mol. The molecule has 7 nitrogen and oxygen atoms in total. The Morgan fingerprint density at radius 3 is 2.78 bits per heavy atom. The van der Waals surface area contributed by atoms with Gasteiger partial charge in [0.05, 0.1) is 23.9 Å². The van der Waals surface area contributed by atoms with E-state index in [0.717, 1.165) is 62.2 Å². The van der Waals surface area contributed by atoms with Crippen molar-refractivity contribution in [2.75, 3.05) is 32.7 Å². The Hall–Kier alpha value is -2.85. The first kappa shape index (κ1) is 18.9. The SMILES string of the molecule is CCNC(=NCc1cccc(C#N)c1)N1CCN(Cc2cc(C)on2)CC1. The number of aliphatic imine (C=N–C) groups is 1. The van der Waals surface area contributed by atoms with E-state index in [1.165, 1.54) is 0 Å². The first-order chi connectivity index (χ1) is 13.2. The molecular formula is C20H26N6O. The second-order valence-corrected chi connectivity index (χ2v) is 6.67. The molecule has 142 valence electrons. The van der Waals surface area contributed by atoms with E-state index in [1.54, 1.807) is 0 Å². The molecule has 1 saturated heterocycles. The summed E-state index contributed by atoms with van der Waals surface area (Å²) in [4.78, 5) is 9.45. The van der Waals surface area contributed by atoms with Gasteiger partial charge in [-0.2, -0.15) is 5.26 Å². The van der Waals surface area contributed by atoms with Crippen LogP contribution in [-0.2, 0) is 13.1 Å². The van der Waals surface area contributed by atoms with Crippen LogP contribution in [0.5, 0.6) is 0 Å². The molecule has 2 heterocycles. The lowest BCUT2D eigenvalue weighted by atomic mass is 10.1. The standard InChI is InChI=1S/C20H26N6O/c1-3-22-20(23-14-18-6-4-5-17(12-18)13-21)26-9-7-25(8-10-26)15-19-11-16(2)27-24-19/h4-6,11-12H,3,7-10,14-15H2,1-2H3,(H,22,23). The number of nitriles is 1. The van der Waals surface area contributed by atoms with Gasteiger partial charge >= 0.3 is 0 Å². The van der Waals surface area contributed by atoms with Crippen LogP contribution in [0.1, 0.15) is 29.5 Å². The molecule has 1 aromatic carbocycles. The normalized spacial score (nSPS) is 15.6. The average molecular weight is 366 g/mol. The molecule has 1 aliphatic heterocycles. The maximum Gasteiger partial charge on any atom is 0.194 e. The second kappa shape index (κ2) is 9.19. The molecule has 0 atom stereocenters. The van der Waals surface area contributed by atoms with Gasteiger partial charge in [0.2, 0.25) is 0 Å². The van der Waals surface area contributed by atoms with E-state index >= 15 is 0 Å². The van der Waals surface area contributed by atoms with Crippen molar-refractivity contribution in [1.82, 2.24) is 20.3 Å². The van der Waals surface area contributed by atoms with E-state index in [0.29, 0.717) is 12.1 Å². The molecule has 1 N–H and O–H groups in total. The van der Waals surface area contributed by atoms with Crippen LogP contribution in [0.25, 0.3) is 0 Å². The summed E-state index contributed by atoms with van der Waals surface area (Å²) < 4.78 is 5.15. The molecule has 0 spiro atoms. The van der Waals surface area contributed by atoms with Crippen LogP contribution in [0, 0.1) is 18.3 Å². The predicted octanol–water partition coefficient (Wildman–Crippen LogP) is 2.14. The fourth-order valence-corrected chi connectivity index (χ4v) is 3.17. The number of rotatable bonds is 5. The summed E-state index contributed by atoms with van der Waals surface area (Å²) in [6, 6.07) is 11.8. The molecule has 0 aliphatic carbocycles. The Bertz CT molecular complexity index is 814. The monoisotopic (exact) mass is 366 g/mol. The van der Waals surface area contributed by atoms with Crippen molar-refractivity contribution in [2.45, 2.75) is 26.9 Å². The van der Waals surface area contributed by atoms with Crippen LogP contribution in [0.2, 0.25) is 0 Å². The summed E-state index contributed by atoms with van der Waals surface area (Å²) in [5.74, 6) is 1.78. The van der Waals surface area contributed by atoms with Crippen LogP contribution in [0.4, 0.5) is 0 Å². The number of benzene rings is 1. The number of nitrogens with one attached hydrogen (secondary N) is 1. The van der Waals surface area contributed by atoms with Crippen molar-refractivity contribution >= 4 is 5.96 Å². The molecule has 0 saturated carbocycles. The zero-order valence-electron chi connectivity index (χ0n) is 16.0. The highest BCUT2D eigenvalue weighted by Crippen LogP contribution is 2.10. The zero-order valence-corrected chi connectivity index (χ0v) is 16.0. The summed E-state index contributed by atoms with van der Waals surface area (Å²) in [5.41, 5.74) is 2.70. The van der Waals surface area contributed by atoms with Gasteiger partial charge in [0, 0.05) is 45.3 Å². The number of hydrogen-bond donors (Lipinski definition) is 1. The molecule has 27 heavy (non-hydrogen) atoms. The van der Waals surface area contributed by atoms with Gasteiger partial charge in [0.15, 0.2) is 5.96 Å². The number of hydrogen-bond acceptors (Lipinski definition) is 5. The fraction of sp³-hybridized carbons (Fsp3) is 0.450. The molecule has 2 aromatic rings. The Labute approximate surface area is 160 Å². The van der Waals surface area contributed by atoms with Crippen LogP contribution >= 0.6 is 0 Å². The summed E-state index contributed by atoms with van der Waals surface area (Å²) in [6.07, 6.45) is 0. The quantitative estimate of drug-likeness (QED) is 0.645. The Kier molecular flexibility index (Phi) is 6.44. The maximum atomic E-state index is 9.04. The Morgan fingerprint density at radius 1 is 1.30 bits per heavy atom. The third-order valence-corrected chi connectivity index (χ3v) is 4.54. The van der Waals surface area contributed by atoms with Gasteiger partial charge in [-0.3, -0.25) is 4.90 Å². The molecule has 1 fully saturated rings. The van der Waals surface area contributed by atoms with Crippen molar-refractivity contribution in [3.63, 3.8) is 0 Å². The minimum Gasteiger partial charge on any atom is -0.361 e. The zero-order chi connectivity index (χ0) is 19.1. The third kappa shape index (κ3) is 5.31. The topological polar surface area (TPSA) is 80.7 Å². The van der Waals surface area contributed by atoms with Crippen molar-refractivity contribution in [1.29, 1.82) is 5.26 Å². The van der Waals surface area contributed by atoms with E-state index in [-0.39, 0.29) is 0 Å². The van der Waals surface area contributed by atoms with Crippen LogP contribution < -0.4 is 5.32 Å². The lowest BCUT2D eigenvalue weighted by Crippen LogP contribution is -2.52. The van der Waals surface area contributed by atoms with Gasteiger partial charge in [0.25, 0.3) is 0 Å². The van der Waals surface area contributed by atoms with Gasteiger partial charge < -0.3 is 14.7 Å². The number of aromatic nitrogens is 1. The molecule has 0 amide bonds. The van der Waals surface area contributed by atoms with Gasteiger partial charge in [-0.15, -0.1) is 0 Å². The lowest BCUT2D eigenvalue weighted by Gasteiger charge is -2.36. The molecule has 7 heteroatoms. The molecule has 3 rings (SSSR count). The first-order valence-electron chi connectivity index (χ1n) is 9.34. The van der Waals surface area contributed by atoms with E-state index in [4.69, 9.17) is 14.8 Å². The van der Waals surface area contributed by atoms with Crippen molar-refractivity contribution in [3.8, 4) is 6.07 Å². The number of piperazine rings is 1. The van der Waals surface area contributed by atoms with Crippen LogP contribution in [0.15, 0.2) is 39.8 Å². The van der Waals surface area contributed by atoms with Crippen LogP contribution in [0.3, 0.4) is 0 Å². The number of guanidine groups is 1. The average Bonchev–Trinajstić information content (AvgIpc) is 3.10. The van der Waals surface area contributed by atoms with Crippen molar-refractivity contribution in [3.05, 3.63) is 52.9 Å². The highest BCUT2D eigenvalue weighted by Gasteiger charge is 2.20. The molecule has 0 radical (unpaired) electrons. The highest BCUT2D eigenvalue weighted by molar-refractivity contribution is 5.80. The van der Waals surface area contributed by atoms with Crippen LogP contribution in [-0.4, -0.2) is 53.6 Å². The molecule has 0 bridgehead atoms. The van der Waals surface area contributed by atoms with E-state index in [2.05, 4.69) is 33.3 Å². The minimum absolute atomic E-state index is 0.566. The third-order valence-electron chi connectivity index (χ3n) is 4.54. The molecule has 1 aromatic heterocycles. The van der Waals surface area contributed by atoms with Gasteiger partial charge in [0.1, 0.15) is 5.76 Å². The Morgan fingerprint density at radius 2 is 2.11 bits per heavy atom. The maximum absolute atomic E-state index is 9.04. The summed E-state index contributed by atoms with van der Waals surface area (Å²) >= 11 is 0. The fourth-order valence-electron chi connectivity index (χ4n) is 3.17. The van der Waals surface area contributed by atoms with Gasteiger partial charge in [-0.05, 0) is 31.5 Å². The summed E-state index contributed by atoms with van der Waals surface area (Å²) in [6.45, 7) is 9.96. The smallest absolute Gasteiger partial charge is 0.194 e. The highest BCUT2D eigenvalue weighted by atomic mass is 16.5. The summed E-state index contributed by atoms with van der Waals surface area (Å²) in [7, 11) is 0. The van der Waals surface area contributed by atoms with E-state index in [1.807, 2.05) is 37.3 Å². The van der Waals surface area contributed by atoms with Crippen molar-refractivity contribution in [2.24, 2.45) is 4.99 Å². The predicted molar refractivity (Wildman–Crippen MR) is 104 cm³/mol. The van der Waals surface area contributed by atoms with Gasteiger partial charge in [-0.25, -0.2) is 4.99 Å². The first-order valence-corrected chi connectivity index (χ1v) is 9.34. The lowest BCUT2D eigenvalue weighted by molar-refractivity contribution is 0.169. The van der Waals surface area contributed by atoms with E-state index in [9.17, 15) is 0 Å². The number of nitrogens with zero attached hydrogens (tertiary/aromatic N) is 5. The van der Waals surface area contributed by atoms with Crippen molar-refractivity contribution < 1.29 is 4.52 Å². The van der Waals surface area contributed by atoms with Gasteiger partial charge in [-0.1, -0.05) is 17.3 Å². The summed E-state index contributed by atoms with van der Waals surface area (Å²) in [5, 5.41) is 16.5. The second-order valence-electron chi connectivity index (χ2n) is 6.67. The Balaban J connectivity index is 1.58. The largest absolute Gasteiger partial charge is 0.361 e. The van der Waals surface area contributed by atoms with E-state index < -0.39 is 0 Å². The molecule has 1 aliphatic rings.